The van der Waals surface area contributed by atoms with Crippen molar-refractivity contribution in [2.45, 2.75) is 6.54 Å². The molecule has 1 N–H and O–H groups in total. The average molecular weight is 289 g/mol. The Labute approximate surface area is 116 Å². The third kappa shape index (κ3) is 5.12. The summed E-state index contributed by atoms with van der Waals surface area (Å²) in [4.78, 5) is 12.1. The van der Waals surface area contributed by atoms with Crippen LogP contribution < -0.4 is 0 Å². The second kappa shape index (κ2) is 8.06. The molecule has 0 aliphatic carbocycles. The third-order valence-electron chi connectivity index (χ3n) is 2.67. The summed E-state index contributed by atoms with van der Waals surface area (Å²) in [6, 6.07) is 4.40. The summed E-state index contributed by atoms with van der Waals surface area (Å²) in [6.45, 7) is 2.25. The van der Waals surface area contributed by atoms with E-state index in [1.54, 1.807) is 13.2 Å². The first-order valence-electron chi connectivity index (χ1n) is 5.83. The zero-order valence-corrected chi connectivity index (χ0v) is 11.5. The SMILES string of the molecule is COCCN(CCO)Cc1ccc([N+](=O)[O-])cc1Cl. The van der Waals surface area contributed by atoms with Crippen LogP contribution in [0.4, 0.5) is 5.69 Å². The van der Waals surface area contributed by atoms with E-state index in [4.69, 9.17) is 21.4 Å². The van der Waals surface area contributed by atoms with Crippen LogP contribution in [0.3, 0.4) is 0 Å². The molecule has 0 radical (unpaired) electrons. The largest absolute Gasteiger partial charge is 0.395 e. The van der Waals surface area contributed by atoms with Crippen LogP contribution in [-0.4, -0.2) is 48.3 Å². The number of rotatable bonds is 8. The minimum atomic E-state index is -0.480. The highest BCUT2D eigenvalue weighted by molar-refractivity contribution is 6.31. The summed E-state index contributed by atoms with van der Waals surface area (Å²) in [5, 5.41) is 20.0. The molecule has 0 saturated carbocycles. The predicted octanol–water partition coefficient (Wildman–Crippen LogP) is 1.69. The zero-order valence-electron chi connectivity index (χ0n) is 10.7. The molecule has 1 aromatic carbocycles. The first-order valence-corrected chi connectivity index (χ1v) is 6.21. The molecule has 6 nitrogen and oxygen atoms in total. The Balaban J connectivity index is 2.75. The van der Waals surface area contributed by atoms with Gasteiger partial charge in [0.1, 0.15) is 0 Å². The van der Waals surface area contributed by atoms with Gasteiger partial charge in [-0.05, 0) is 11.6 Å². The van der Waals surface area contributed by atoms with Crippen molar-refractivity contribution in [3.63, 3.8) is 0 Å². The van der Waals surface area contributed by atoms with Crippen molar-refractivity contribution in [2.75, 3.05) is 33.4 Å². The Morgan fingerprint density at radius 1 is 1.47 bits per heavy atom. The van der Waals surface area contributed by atoms with Gasteiger partial charge >= 0.3 is 0 Å². The quantitative estimate of drug-likeness (QED) is 0.582. The van der Waals surface area contributed by atoms with Crippen molar-refractivity contribution < 1.29 is 14.8 Å². The molecule has 0 bridgehead atoms. The molecule has 7 heteroatoms. The minimum absolute atomic E-state index is 0.0284. The molecule has 0 atom stereocenters. The number of benzene rings is 1. The van der Waals surface area contributed by atoms with Crippen LogP contribution in [0, 0.1) is 10.1 Å². The second-order valence-corrected chi connectivity index (χ2v) is 4.43. The highest BCUT2D eigenvalue weighted by Gasteiger charge is 2.12. The summed E-state index contributed by atoms with van der Waals surface area (Å²) in [6.07, 6.45) is 0. The normalized spacial score (nSPS) is 10.9. The zero-order chi connectivity index (χ0) is 14.3. The highest BCUT2D eigenvalue weighted by Crippen LogP contribution is 2.23. The topological polar surface area (TPSA) is 75.8 Å². The lowest BCUT2D eigenvalue weighted by Gasteiger charge is -2.21. The molecule has 0 aliphatic heterocycles. The van der Waals surface area contributed by atoms with E-state index < -0.39 is 4.92 Å². The molecule has 1 rings (SSSR count). The first kappa shape index (κ1) is 15.8. The smallest absolute Gasteiger partial charge is 0.270 e. The van der Waals surface area contributed by atoms with E-state index in [1.807, 2.05) is 4.90 Å². The van der Waals surface area contributed by atoms with Gasteiger partial charge in [0.2, 0.25) is 0 Å². The van der Waals surface area contributed by atoms with Crippen molar-refractivity contribution in [2.24, 2.45) is 0 Å². The van der Waals surface area contributed by atoms with Crippen LogP contribution >= 0.6 is 11.6 Å². The average Bonchev–Trinajstić information content (AvgIpc) is 2.38. The molecule has 0 heterocycles. The van der Waals surface area contributed by atoms with Gasteiger partial charge in [-0.15, -0.1) is 0 Å². The van der Waals surface area contributed by atoms with Gasteiger partial charge < -0.3 is 9.84 Å². The third-order valence-corrected chi connectivity index (χ3v) is 3.02. The summed E-state index contributed by atoms with van der Waals surface area (Å²) in [5.41, 5.74) is 0.760. The molecule has 0 unspecified atom stereocenters. The van der Waals surface area contributed by atoms with Crippen LogP contribution in [0.5, 0.6) is 0 Å². The van der Waals surface area contributed by atoms with Gasteiger partial charge in [-0.2, -0.15) is 0 Å². The Hall–Kier alpha value is -1.21. The molecule has 0 saturated heterocycles. The van der Waals surface area contributed by atoms with E-state index in [0.717, 1.165) is 5.56 Å². The van der Waals surface area contributed by atoms with Gasteiger partial charge in [-0.1, -0.05) is 11.6 Å². The predicted molar refractivity (Wildman–Crippen MR) is 72.3 cm³/mol. The molecule has 0 aliphatic rings. The Kier molecular flexibility index (Phi) is 6.72. The number of hydrogen-bond donors (Lipinski definition) is 1. The summed E-state index contributed by atoms with van der Waals surface area (Å²) < 4.78 is 4.99. The van der Waals surface area contributed by atoms with Crippen molar-refractivity contribution in [1.82, 2.24) is 4.90 Å². The molecular formula is C12H17ClN2O4. The van der Waals surface area contributed by atoms with Crippen molar-refractivity contribution in [1.29, 1.82) is 0 Å². The van der Waals surface area contributed by atoms with Crippen molar-refractivity contribution >= 4 is 17.3 Å². The lowest BCUT2D eigenvalue weighted by atomic mass is 10.2. The van der Waals surface area contributed by atoms with E-state index >= 15 is 0 Å². The number of methoxy groups -OCH3 is 1. The van der Waals surface area contributed by atoms with Crippen molar-refractivity contribution in [3.05, 3.63) is 38.9 Å². The number of nitro benzene ring substituents is 1. The number of nitrogens with zero attached hydrogens (tertiary/aromatic N) is 2. The van der Waals surface area contributed by atoms with E-state index in [2.05, 4.69) is 0 Å². The maximum Gasteiger partial charge on any atom is 0.270 e. The fourth-order valence-electron chi connectivity index (χ4n) is 1.65. The number of nitro groups is 1. The summed E-state index contributed by atoms with van der Waals surface area (Å²) in [5.74, 6) is 0. The van der Waals surface area contributed by atoms with E-state index in [1.165, 1.54) is 12.1 Å². The number of non-ortho nitro benzene ring substituents is 1. The van der Waals surface area contributed by atoms with Crippen LogP contribution in [0.1, 0.15) is 5.56 Å². The lowest BCUT2D eigenvalue weighted by Crippen LogP contribution is -2.29. The molecule has 0 spiro atoms. The Bertz CT molecular complexity index is 428. The Morgan fingerprint density at radius 3 is 2.74 bits per heavy atom. The van der Waals surface area contributed by atoms with Gasteiger partial charge in [0.05, 0.1) is 23.2 Å². The second-order valence-electron chi connectivity index (χ2n) is 4.03. The standard InChI is InChI=1S/C12H17ClN2O4/c1-19-7-5-14(4-6-16)9-10-2-3-11(15(17)18)8-12(10)13/h2-3,8,16H,4-7,9H2,1H3. The van der Waals surface area contributed by atoms with E-state index in [0.29, 0.717) is 31.3 Å². The number of aliphatic hydroxyl groups is 1. The van der Waals surface area contributed by atoms with Crippen LogP contribution in [0.2, 0.25) is 5.02 Å². The molecule has 0 fully saturated rings. The minimum Gasteiger partial charge on any atom is -0.395 e. The molecule has 0 amide bonds. The van der Waals surface area contributed by atoms with Crippen LogP contribution in [-0.2, 0) is 11.3 Å². The molecule has 1 aromatic rings. The molecule has 0 aromatic heterocycles. The fraction of sp³-hybridized carbons (Fsp3) is 0.500. The van der Waals surface area contributed by atoms with E-state index in [-0.39, 0.29) is 12.3 Å². The lowest BCUT2D eigenvalue weighted by molar-refractivity contribution is -0.384. The van der Waals surface area contributed by atoms with E-state index in [9.17, 15) is 10.1 Å². The maximum atomic E-state index is 10.6. The van der Waals surface area contributed by atoms with Gasteiger partial charge in [0, 0.05) is 38.9 Å². The summed E-state index contributed by atoms with van der Waals surface area (Å²) in [7, 11) is 1.61. The number of aliphatic hydroxyl groups excluding tert-OH is 1. The van der Waals surface area contributed by atoms with Gasteiger partial charge in [-0.25, -0.2) is 0 Å². The van der Waals surface area contributed by atoms with Gasteiger partial charge in [-0.3, -0.25) is 15.0 Å². The first-order chi connectivity index (χ1) is 9.08. The van der Waals surface area contributed by atoms with Crippen molar-refractivity contribution in [3.8, 4) is 0 Å². The number of hydrogen-bond acceptors (Lipinski definition) is 5. The molecule has 106 valence electrons. The Morgan fingerprint density at radius 2 is 2.21 bits per heavy atom. The number of halogens is 1. The maximum absolute atomic E-state index is 10.6. The van der Waals surface area contributed by atoms with Crippen LogP contribution in [0.15, 0.2) is 18.2 Å². The monoisotopic (exact) mass is 288 g/mol. The van der Waals surface area contributed by atoms with Gasteiger partial charge in [0.25, 0.3) is 5.69 Å². The highest BCUT2D eigenvalue weighted by atomic mass is 35.5. The molecule has 19 heavy (non-hydrogen) atoms. The van der Waals surface area contributed by atoms with Crippen LogP contribution in [0.25, 0.3) is 0 Å². The number of ether oxygens (including phenoxy) is 1. The fourth-order valence-corrected chi connectivity index (χ4v) is 1.89. The summed E-state index contributed by atoms with van der Waals surface area (Å²) >= 11 is 6.03. The van der Waals surface area contributed by atoms with Gasteiger partial charge in [0.15, 0.2) is 0 Å². The molecular weight excluding hydrogens is 272 g/mol.